The molecule has 2 aliphatic heterocycles. The second kappa shape index (κ2) is 7.56. The van der Waals surface area contributed by atoms with Gasteiger partial charge < -0.3 is 16.0 Å². The molecule has 0 radical (unpaired) electrons. The van der Waals surface area contributed by atoms with Crippen molar-refractivity contribution in [1.29, 1.82) is 0 Å². The van der Waals surface area contributed by atoms with E-state index >= 15 is 0 Å². The first-order valence-electron chi connectivity index (χ1n) is 8.61. The van der Waals surface area contributed by atoms with Gasteiger partial charge in [-0.15, -0.1) is 0 Å². The van der Waals surface area contributed by atoms with Crippen molar-refractivity contribution >= 4 is 43.4 Å². The molecule has 2 saturated heterocycles. The molecule has 9 heteroatoms. The molecule has 7 nitrogen and oxygen atoms in total. The van der Waals surface area contributed by atoms with E-state index in [0.717, 1.165) is 15.7 Å². The summed E-state index contributed by atoms with van der Waals surface area (Å²) in [5.41, 5.74) is 1.78. The van der Waals surface area contributed by atoms with Gasteiger partial charge in [0.2, 0.25) is 5.91 Å². The smallest absolute Gasteiger partial charge is 0.315 e. The molecule has 0 aliphatic carbocycles. The third-order valence-electron chi connectivity index (χ3n) is 4.91. The van der Waals surface area contributed by atoms with E-state index in [2.05, 4.69) is 31.9 Å². The van der Waals surface area contributed by atoms with E-state index in [9.17, 15) is 18.0 Å². The van der Waals surface area contributed by atoms with E-state index < -0.39 is 15.1 Å². The number of halogens is 1. The number of nitrogens with one attached hydrogen (secondary N) is 3. The fourth-order valence-corrected chi connectivity index (χ4v) is 6.10. The number of urea groups is 1. The molecule has 0 aromatic heterocycles. The molecule has 0 unspecified atom stereocenters. The normalized spacial score (nSPS) is 26.1. The number of rotatable bonds is 6. The number of carbonyl (C=O) groups excluding carboxylic acids is 2. The number of fused-ring (bicyclic) bond motifs is 1. The van der Waals surface area contributed by atoms with Crippen molar-refractivity contribution in [2.45, 2.75) is 49.9 Å². The fourth-order valence-electron chi connectivity index (χ4n) is 3.58. The summed E-state index contributed by atoms with van der Waals surface area (Å²) in [5.74, 6) is -0.0977. The molecule has 2 aliphatic rings. The number of benzene rings is 1. The van der Waals surface area contributed by atoms with Gasteiger partial charge >= 0.3 is 6.03 Å². The minimum absolute atomic E-state index is 0.00945. The van der Waals surface area contributed by atoms with E-state index in [1.54, 1.807) is 0 Å². The van der Waals surface area contributed by atoms with Gasteiger partial charge in [0.05, 0.1) is 23.1 Å². The summed E-state index contributed by atoms with van der Waals surface area (Å²) < 4.78 is 25.5. The number of anilines is 1. The molecule has 2 fully saturated rings. The third-order valence-corrected chi connectivity index (χ3v) is 8.07. The first-order valence-corrected chi connectivity index (χ1v) is 11.1. The highest BCUT2D eigenvalue weighted by Crippen LogP contribution is 2.28. The Bertz CT molecular complexity index is 827. The van der Waals surface area contributed by atoms with Crippen LogP contribution in [0.4, 0.5) is 10.5 Å². The Labute approximate surface area is 161 Å². The zero-order valence-electron chi connectivity index (χ0n) is 14.4. The minimum atomic E-state index is -3.21. The molecule has 0 spiro atoms. The molecular weight excluding hydrogens is 422 g/mol. The van der Waals surface area contributed by atoms with Gasteiger partial charge in [0.15, 0.2) is 9.84 Å². The lowest BCUT2D eigenvalue weighted by Crippen LogP contribution is -2.39. The number of aryl methyl sites for hydroxylation is 1. The number of sulfone groups is 1. The first-order chi connectivity index (χ1) is 12.3. The van der Waals surface area contributed by atoms with E-state index in [1.807, 2.05) is 25.1 Å². The molecule has 0 saturated carbocycles. The Kier molecular flexibility index (Phi) is 5.57. The predicted molar refractivity (Wildman–Crippen MR) is 103 cm³/mol. The SMILES string of the molecule is Cc1cc(NC(=O)CCCC[C@@H]2[C@H]3NC(=O)N[C@@H]3CS2(=O)=O)ccc1Br. The van der Waals surface area contributed by atoms with Crippen molar-refractivity contribution in [1.82, 2.24) is 10.6 Å². The van der Waals surface area contributed by atoms with Crippen molar-refractivity contribution in [3.05, 3.63) is 28.2 Å². The maximum Gasteiger partial charge on any atom is 0.315 e. The molecule has 0 bridgehead atoms. The van der Waals surface area contributed by atoms with E-state index in [0.29, 0.717) is 25.7 Å². The van der Waals surface area contributed by atoms with Gasteiger partial charge in [-0.1, -0.05) is 22.4 Å². The van der Waals surface area contributed by atoms with Gasteiger partial charge in [0, 0.05) is 16.6 Å². The Morgan fingerprint density at radius 1 is 1.31 bits per heavy atom. The van der Waals surface area contributed by atoms with Crippen LogP contribution in [0.3, 0.4) is 0 Å². The van der Waals surface area contributed by atoms with Gasteiger partial charge in [-0.05, 0) is 43.5 Å². The first kappa shape index (κ1) is 19.2. The van der Waals surface area contributed by atoms with Crippen molar-refractivity contribution in [3.8, 4) is 0 Å². The van der Waals surface area contributed by atoms with Gasteiger partial charge in [0.25, 0.3) is 0 Å². The number of carbonyl (C=O) groups is 2. The summed E-state index contributed by atoms with van der Waals surface area (Å²) in [6.45, 7) is 1.95. The molecule has 3 atom stereocenters. The molecule has 1 aromatic rings. The minimum Gasteiger partial charge on any atom is -0.332 e. The second-order valence-electron chi connectivity index (χ2n) is 6.88. The summed E-state index contributed by atoms with van der Waals surface area (Å²) in [5, 5.41) is 7.64. The van der Waals surface area contributed by atoms with Crippen LogP contribution in [0.2, 0.25) is 0 Å². The zero-order valence-corrected chi connectivity index (χ0v) is 16.8. The highest BCUT2D eigenvalue weighted by atomic mass is 79.9. The van der Waals surface area contributed by atoms with Crippen molar-refractivity contribution < 1.29 is 18.0 Å². The molecule has 3 N–H and O–H groups in total. The van der Waals surface area contributed by atoms with Gasteiger partial charge in [-0.3, -0.25) is 4.79 Å². The van der Waals surface area contributed by atoms with Crippen LogP contribution < -0.4 is 16.0 Å². The average Bonchev–Trinajstić information content (AvgIpc) is 2.99. The van der Waals surface area contributed by atoms with Crippen LogP contribution in [-0.4, -0.2) is 43.4 Å². The topological polar surface area (TPSA) is 104 Å². The van der Waals surface area contributed by atoms with Crippen LogP contribution in [0.25, 0.3) is 0 Å². The Hall–Kier alpha value is -1.61. The number of unbranched alkanes of at least 4 members (excludes halogenated alkanes) is 1. The van der Waals surface area contributed by atoms with Crippen LogP contribution in [0.15, 0.2) is 22.7 Å². The van der Waals surface area contributed by atoms with E-state index in [4.69, 9.17) is 0 Å². The number of hydrogen-bond donors (Lipinski definition) is 3. The quantitative estimate of drug-likeness (QED) is 0.462. The number of hydrogen-bond acceptors (Lipinski definition) is 4. The molecular formula is C17H22BrN3O4S. The lowest BCUT2D eigenvalue weighted by Gasteiger charge is -2.16. The van der Waals surface area contributed by atoms with Crippen LogP contribution in [0.5, 0.6) is 0 Å². The lowest BCUT2D eigenvalue weighted by atomic mass is 10.0. The summed E-state index contributed by atoms with van der Waals surface area (Å²) >= 11 is 3.42. The summed E-state index contributed by atoms with van der Waals surface area (Å²) in [4.78, 5) is 23.4. The van der Waals surface area contributed by atoms with Crippen molar-refractivity contribution in [3.63, 3.8) is 0 Å². The lowest BCUT2D eigenvalue weighted by molar-refractivity contribution is -0.116. The van der Waals surface area contributed by atoms with Crippen LogP contribution >= 0.6 is 15.9 Å². The van der Waals surface area contributed by atoms with Crippen LogP contribution in [0.1, 0.15) is 31.2 Å². The molecule has 3 amide bonds. The summed E-state index contributed by atoms with van der Waals surface area (Å²) in [6.07, 6.45) is 2.01. The Balaban J connectivity index is 1.45. The maximum atomic E-state index is 12.2. The zero-order chi connectivity index (χ0) is 18.9. The highest BCUT2D eigenvalue weighted by Gasteiger charge is 2.51. The van der Waals surface area contributed by atoms with Gasteiger partial charge in [0.1, 0.15) is 0 Å². The predicted octanol–water partition coefficient (Wildman–Crippen LogP) is 2.10. The summed E-state index contributed by atoms with van der Waals surface area (Å²) in [6, 6.07) is 4.62. The molecule has 26 heavy (non-hydrogen) atoms. The van der Waals surface area contributed by atoms with E-state index in [-0.39, 0.29) is 29.8 Å². The number of amides is 3. The third kappa shape index (κ3) is 4.20. The average molecular weight is 444 g/mol. The second-order valence-corrected chi connectivity index (χ2v) is 9.99. The molecule has 2 heterocycles. The Morgan fingerprint density at radius 3 is 2.81 bits per heavy atom. The summed E-state index contributed by atoms with van der Waals surface area (Å²) in [7, 11) is -3.21. The fraction of sp³-hybridized carbons (Fsp3) is 0.529. The molecule has 3 rings (SSSR count). The monoisotopic (exact) mass is 443 g/mol. The van der Waals surface area contributed by atoms with Crippen molar-refractivity contribution in [2.24, 2.45) is 0 Å². The highest BCUT2D eigenvalue weighted by molar-refractivity contribution is 9.10. The van der Waals surface area contributed by atoms with E-state index in [1.165, 1.54) is 0 Å². The standard InChI is InChI=1S/C17H22BrN3O4S/c1-10-8-11(6-7-12(10)18)19-15(22)5-3-2-4-14-16-13(9-26(14,24)25)20-17(23)21-16/h6-8,13-14,16H,2-5,9H2,1H3,(H,19,22)(H2,20,21,23)/t13-,14-,16+/m1/s1. The van der Waals surface area contributed by atoms with Gasteiger partial charge in [-0.2, -0.15) is 0 Å². The Morgan fingerprint density at radius 2 is 2.08 bits per heavy atom. The molecule has 1 aromatic carbocycles. The van der Waals surface area contributed by atoms with Gasteiger partial charge in [-0.25, -0.2) is 13.2 Å². The largest absolute Gasteiger partial charge is 0.332 e. The van der Waals surface area contributed by atoms with Crippen LogP contribution in [0, 0.1) is 6.92 Å². The maximum absolute atomic E-state index is 12.2. The van der Waals surface area contributed by atoms with Crippen molar-refractivity contribution in [2.75, 3.05) is 11.1 Å². The van der Waals surface area contributed by atoms with Crippen LogP contribution in [-0.2, 0) is 14.6 Å². The molecule has 142 valence electrons.